The standard InChI is InChI=1S/C17H23NO3/c1-3-5-11-15(17(20)21)18-16(19)12-13(4-2)14-9-7-6-8-10-14/h3,6-10,13,15H,1,4-5,11-12H2,2H3,(H,18,19)(H,20,21). The largest absolute Gasteiger partial charge is 0.480 e. The van der Waals surface area contributed by atoms with E-state index >= 15 is 0 Å². The fourth-order valence-electron chi connectivity index (χ4n) is 2.24. The lowest BCUT2D eigenvalue weighted by atomic mass is 9.93. The summed E-state index contributed by atoms with van der Waals surface area (Å²) >= 11 is 0. The van der Waals surface area contributed by atoms with Crippen LogP contribution >= 0.6 is 0 Å². The number of hydrogen-bond donors (Lipinski definition) is 2. The minimum atomic E-state index is -1.00. The highest BCUT2D eigenvalue weighted by molar-refractivity contribution is 5.83. The van der Waals surface area contributed by atoms with Crippen LogP contribution in [0.3, 0.4) is 0 Å². The number of allylic oxidation sites excluding steroid dienone is 1. The van der Waals surface area contributed by atoms with Crippen LogP contribution in [0, 0.1) is 0 Å². The van der Waals surface area contributed by atoms with Crippen LogP contribution < -0.4 is 5.32 Å². The van der Waals surface area contributed by atoms with E-state index in [0.29, 0.717) is 19.3 Å². The molecule has 114 valence electrons. The van der Waals surface area contributed by atoms with Gasteiger partial charge in [-0.05, 0) is 30.7 Å². The fourth-order valence-corrected chi connectivity index (χ4v) is 2.24. The van der Waals surface area contributed by atoms with Crippen molar-refractivity contribution in [2.45, 2.75) is 44.6 Å². The molecule has 2 unspecified atom stereocenters. The van der Waals surface area contributed by atoms with Crippen LogP contribution in [-0.2, 0) is 9.59 Å². The molecule has 0 radical (unpaired) electrons. The maximum atomic E-state index is 12.1. The summed E-state index contributed by atoms with van der Waals surface area (Å²) in [5.74, 6) is -1.11. The highest BCUT2D eigenvalue weighted by Crippen LogP contribution is 2.22. The number of carboxylic acids is 1. The van der Waals surface area contributed by atoms with E-state index < -0.39 is 12.0 Å². The molecular formula is C17H23NO3. The van der Waals surface area contributed by atoms with Crippen molar-refractivity contribution in [1.29, 1.82) is 0 Å². The first-order valence-corrected chi connectivity index (χ1v) is 7.26. The molecule has 0 fully saturated rings. The Morgan fingerprint density at radius 3 is 2.52 bits per heavy atom. The Hall–Kier alpha value is -2.10. The maximum Gasteiger partial charge on any atom is 0.326 e. The zero-order valence-electron chi connectivity index (χ0n) is 12.4. The number of carboxylic acid groups (broad SMARTS) is 1. The van der Waals surface area contributed by atoms with Crippen molar-refractivity contribution in [2.24, 2.45) is 0 Å². The highest BCUT2D eigenvalue weighted by atomic mass is 16.4. The number of nitrogens with one attached hydrogen (secondary N) is 1. The number of aliphatic carboxylic acids is 1. The number of rotatable bonds is 9. The summed E-state index contributed by atoms with van der Waals surface area (Å²) in [5.41, 5.74) is 1.10. The van der Waals surface area contributed by atoms with Gasteiger partial charge in [0.15, 0.2) is 0 Å². The third kappa shape index (κ3) is 5.81. The predicted molar refractivity (Wildman–Crippen MR) is 83.1 cm³/mol. The van der Waals surface area contributed by atoms with Gasteiger partial charge in [-0.2, -0.15) is 0 Å². The van der Waals surface area contributed by atoms with Gasteiger partial charge in [0.05, 0.1) is 0 Å². The molecule has 0 bridgehead atoms. The third-order valence-corrected chi connectivity index (χ3v) is 3.49. The lowest BCUT2D eigenvalue weighted by molar-refractivity contribution is -0.142. The van der Waals surface area contributed by atoms with Gasteiger partial charge in [0.2, 0.25) is 5.91 Å². The van der Waals surface area contributed by atoms with Gasteiger partial charge in [-0.15, -0.1) is 6.58 Å². The normalized spacial score (nSPS) is 13.2. The molecule has 0 saturated carbocycles. The van der Waals surface area contributed by atoms with E-state index in [2.05, 4.69) is 11.9 Å². The van der Waals surface area contributed by atoms with Gasteiger partial charge in [0, 0.05) is 6.42 Å². The number of benzene rings is 1. The molecule has 2 atom stereocenters. The Bertz CT molecular complexity index is 470. The Morgan fingerprint density at radius 2 is 2.00 bits per heavy atom. The minimum absolute atomic E-state index is 0.111. The van der Waals surface area contributed by atoms with Crippen molar-refractivity contribution >= 4 is 11.9 Å². The number of carbonyl (C=O) groups is 2. The molecule has 4 heteroatoms. The number of amides is 1. The molecule has 0 spiro atoms. The summed E-state index contributed by atoms with van der Waals surface area (Å²) in [6.07, 6.45) is 3.72. The summed E-state index contributed by atoms with van der Waals surface area (Å²) in [5, 5.41) is 11.7. The highest BCUT2D eigenvalue weighted by Gasteiger charge is 2.21. The summed E-state index contributed by atoms with van der Waals surface area (Å²) < 4.78 is 0. The molecule has 0 aromatic heterocycles. The van der Waals surface area contributed by atoms with Crippen LogP contribution in [0.5, 0.6) is 0 Å². The van der Waals surface area contributed by atoms with Gasteiger partial charge < -0.3 is 10.4 Å². The molecule has 0 aliphatic carbocycles. The molecule has 1 aromatic carbocycles. The fraction of sp³-hybridized carbons (Fsp3) is 0.412. The van der Waals surface area contributed by atoms with Crippen molar-refractivity contribution in [3.05, 3.63) is 48.6 Å². The molecule has 0 saturated heterocycles. The maximum absolute atomic E-state index is 12.1. The van der Waals surface area contributed by atoms with Crippen LogP contribution in [0.4, 0.5) is 0 Å². The van der Waals surface area contributed by atoms with E-state index in [9.17, 15) is 9.59 Å². The molecule has 0 aliphatic heterocycles. The van der Waals surface area contributed by atoms with Gasteiger partial charge in [0.1, 0.15) is 6.04 Å². The lowest BCUT2D eigenvalue weighted by Crippen LogP contribution is -2.41. The average molecular weight is 289 g/mol. The summed E-state index contributed by atoms with van der Waals surface area (Å²) in [4.78, 5) is 23.2. The molecule has 1 aromatic rings. The van der Waals surface area contributed by atoms with Gasteiger partial charge in [-0.25, -0.2) is 4.79 Å². The van der Waals surface area contributed by atoms with Gasteiger partial charge in [-0.3, -0.25) is 4.79 Å². The second-order valence-electron chi connectivity index (χ2n) is 5.04. The number of carbonyl (C=O) groups excluding carboxylic acids is 1. The Morgan fingerprint density at radius 1 is 1.33 bits per heavy atom. The Labute approximate surface area is 125 Å². The topological polar surface area (TPSA) is 66.4 Å². The van der Waals surface area contributed by atoms with Crippen molar-refractivity contribution in [3.63, 3.8) is 0 Å². The monoisotopic (exact) mass is 289 g/mol. The van der Waals surface area contributed by atoms with E-state index in [4.69, 9.17) is 5.11 Å². The van der Waals surface area contributed by atoms with Crippen LogP contribution in [0.15, 0.2) is 43.0 Å². The van der Waals surface area contributed by atoms with E-state index in [1.165, 1.54) is 0 Å². The summed E-state index contributed by atoms with van der Waals surface area (Å²) in [6.45, 7) is 5.59. The van der Waals surface area contributed by atoms with Gasteiger partial charge >= 0.3 is 5.97 Å². The third-order valence-electron chi connectivity index (χ3n) is 3.49. The Balaban J connectivity index is 2.61. The predicted octanol–water partition coefficient (Wildman–Crippen LogP) is 3.11. The smallest absolute Gasteiger partial charge is 0.326 e. The van der Waals surface area contributed by atoms with E-state index in [0.717, 1.165) is 12.0 Å². The SMILES string of the molecule is C=CCCC(NC(=O)CC(CC)c1ccccc1)C(=O)O. The van der Waals surface area contributed by atoms with Gasteiger partial charge in [-0.1, -0.05) is 43.3 Å². The first-order valence-electron chi connectivity index (χ1n) is 7.26. The quantitative estimate of drug-likeness (QED) is 0.686. The zero-order valence-corrected chi connectivity index (χ0v) is 12.4. The zero-order chi connectivity index (χ0) is 15.7. The molecule has 1 amide bonds. The molecular weight excluding hydrogens is 266 g/mol. The van der Waals surface area contributed by atoms with Crippen LogP contribution in [-0.4, -0.2) is 23.0 Å². The molecule has 0 heterocycles. The molecule has 2 N–H and O–H groups in total. The van der Waals surface area contributed by atoms with Crippen LogP contribution in [0.2, 0.25) is 0 Å². The Kier molecular flexibility index (Phi) is 7.23. The van der Waals surface area contributed by atoms with Crippen LogP contribution in [0.1, 0.15) is 44.1 Å². The second-order valence-corrected chi connectivity index (χ2v) is 5.04. The first kappa shape index (κ1) is 17.0. The summed E-state index contributed by atoms with van der Waals surface area (Å²) in [6, 6.07) is 8.97. The number of hydrogen-bond acceptors (Lipinski definition) is 2. The lowest BCUT2D eigenvalue weighted by Gasteiger charge is -2.18. The van der Waals surface area contributed by atoms with Crippen molar-refractivity contribution in [2.75, 3.05) is 0 Å². The van der Waals surface area contributed by atoms with E-state index in [1.54, 1.807) is 6.08 Å². The second kappa shape index (κ2) is 8.95. The van der Waals surface area contributed by atoms with Crippen molar-refractivity contribution in [1.82, 2.24) is 5.32 Å². The van der Waals surface area contributed by atoms with Crippen LogP contribution in [0.25, 0.3) is 0 Å². The molecule has 0 aliphatic rings. The van der Waals surface area contributed by atoms with E-state index in [-0.39, 0.29) is 11.8 Å². The van der Waals surface area contributed by atoms with Crippen molar-refractivity contribution in [3.8, 4) is 0 Å². The summed E-state index contributed by atoms with van der Waals surface area (Å²) in [7, 11) is 0. The molecule has 1 rings (SSSR count). The first-order chi connectivity index (χ1) is 10.1. The minimum Gasteiger partial charge on any atom is -0.480 e. The average Bonchev–Trinajstić information content (AvgIpc) is 2.49. The van der Waals surface area contributed by atoms with E-state index in [1.807, 2.05) is 37.3 Å². The van der Waals surface area contributed by atoms with Crippen molar-refractivity contribution < 1.29 is 14.7 Å². The molecule has 4 nitrogen and oxygen atoms in total. The molecule has 21 heavy (non-hydrogen) atoms. The van der Waals surface area contributed by atoms with Gasteiger partial charge in [0.25, 0.3) is 0 Å².